The van der Waals surface area contributed by atoms with Crippen LogP contribution in [-0.2, 0) is 19.1 Å². The van der Waals surface area contributed by atoms with Crippen molar-refractivity contribution in [3.8, 4) is 11.5 Å². The zero-order valence-corrected chi connectivity index (χ0v) is 18.9. The van der Waals surface area contributed by atoms with Gasteiger partial charge in [0.05, 0.1) is 38.2 Å². The van der Waals surface area contributed by atoms with Crippen LogP contribution >= 0.6 is 11.6 Å². The molecule has 4 aliphatic rings. The second kappa shape index (κ2) is 7.49. The summed E-state index contributed by atoms with van der Waals surface area (Å²) in [5.41, 5.74) is -0.352. The van der Waals surface area contributed by atoms with Crippen LogP contribution in [0.2, 0.25) is 5.02 Å². The normalized spacial score (nSPS) is 28.2. The molecule has 0 radical (unpaired) electrons. The van der Waals surface area contributed by atoms with Gasteiger partial charge < -0.3 is 23.8 Å². The van der Waals surface area contributed by atoms with E-state index >= 15 is 0 Å². The van der Waals surface area contributed by atoms with E-state index in [9.17, 15) is 9.59 Å². The Morgan fingerprint density at radius 3 is 2.62 bits per heavy atom. The van der Waals surface area contributed by atoms with Gasteiger partial charge in [0.2, 0.25) is 11.4 Å². The van der Waals surface area contributed by atoms with Crippen molar-refractivity contribution in [3.05, 3.63) is 34.1 Å². The number of ketones is 2. The lowest BCUT2D eigenvalue weighted by atomic mass is 9.75. The van der Waals surface area contributed by atoms with Gasteiger partial charge in [-0.1, -0.05) is 23.7 Å². The maximum Gasteiger partial charge on any atom is 0.231 e. The van der Waals surface area contributed by atoms with Crippen LogP contribution in [0.3, 0.4) is 0 Å². The van der Waals surface area contributed by atoms with Gasteiger partial charge in [0.1, 0.15) is 16.9 Å². The fourth-order valence-electron chi connectivity index (χ4n) is 5.06. The van der Waals surface area contributed by atoms with Crippen molar-refractivity contribution in [2.75, 3.05) is 27.4 Å². The van der Waals surface area contributed by atoms with Gasteiger partial charge in [-0.2, -0.15) is 0 Å². The van der Waals surface area contributed by atoms with E-state index in [2.05, 4.69) is 5.16 Å². The Morgan fingerprint density at radius 1 is 1.19 bits per heavy atom. The number of nitrogens with zero attached hydrogens (tertiary/aromatic N) is 1. The van der Waals surface area contributed by atoms with Crippen LogP contribution in [-0.4, -0.2) is 55.9 Å². The smallest absolute Gasteiger partial charge is 0.231 e. The zero-order valence-electron chi connectivity index (χ0n) is 18.2. The average molecular weight is 462 g/mol. The highest BCUT2D eigenvalue weighted by atomic mass is 35.5. The largest absolute Gasteiger partial charge is 0.496 e. The number of ether oxygens (including phenoxy) is 4. The van der Waals surface area contributed by atoms with Crippen molar-refractivity contribution in [2.24, 2.45) is 11.1 Å². The predicted octanol–water partition coefficient (Wildman–Crippen LogP) is 3.48. The van der Waals surface area contributed by atoms with Crippen LogP contribution in [0.15, 0.2) is 23.1 Å². The maximum atomic E-state index is 13.7. The standard InChI is InChI=1S/C23H24ClNO7/c1-12-8-13(26)9-17(29-3)23(12)21(27)18-16(28-2)10-14(19(24)20(18)31-23)15-11-22(32-25-15)4-6-30-7-5-22/h9-10,12H,4-8,11H2,1-3H3/t12-,23+/m1/s1. The Morgan fingerprint density at radius 2 is 1.94 bits per heavy atom. The van der Waals surface area contributed by atoms with Crippen LogP contribution < -0.4 is 9.47 Å². The van der Waals surface area contributed by atoms with Crippen LogP contribution in [0, 0.1) is 5.92 Å². The number of allylic oxidation sites excluding steroid dienone is 1. The molecular weight excluding hydrogens is 438 g/mol. The van der Waals surface area contributed by atoms with E-state index in [1.165, 1.54) is 20.3 Å². The van der Waals surface area contributed by atoms with Gasteiger partial charge in [-0.15, -0.1) is 0 Å². The Hall–Kier alpha value is -2.58. The molecule has 8 nitrogen and oxygen atoms in total. The van der Waals surface area contributed by atoms with Crippen LogP contribution in [0.4, 0.5) is 0 Å². The lowest BCUT2D eigenvalue weighted by Crippen LogP contribution is -2.51. The summed E-state index contributed by atoms with van der Waals surface area (Å²) < 4.78 is 22.8. The minimum absolute atomic E-state index is 0.120. The molecule has 0 amide bonds. The molecular formula is C23H24ClNO7. The van der Waals surface area contributed by atoms with Crippen molar-refractivity contribution in [1.29, 1.82) is 0 Å². The Kier molecular flexibility index (Phi) is 4.98. The van der Waals surface area contributed by atoms with Crippen LogP contribution in [0.5, 0.6) is 11.5 Å². The number of rotatable bonds is 3. The molecule has 0 N–H and O–H groups in total. The number of benzene rings is 1. The van der Waals surface area contributed by atoms with Gasteiger partial charge in [0.15, 0.2) is 17.3 Å². The maximum absolute atomic E-state index is 13.7. The number of carbonyl (C=O) groups excluding carboxylic acids is 2. The topological polar surface area (TPSA) is 92.7 Å². The quantitative estimate of drug-likeness (QED) is 0.680. The first kappa shape index (κ1) is 21.3. The first-order chi connectivity index (χ1) is 15.3. The molecule has 1 aromatic carbocycles. The van der Waals surface area contributed by atoms with E-state index in [1.54, 1.807) is 13.0 Å². The van der Waals surface area contributed by atoms with Crippen molar-refractivity contribution < 1.29 is 33.4 Å². The summed E-state index contributed by atoms with van der Waals surface area (Å²) in [6.45, 7) is 3.03. The van der Waals surface area contributed by atoms with E-state index in [0.717, 1.165) is 12.8 Å². The number of hydrogen-bond donors (Lipinski definition) is 0. The minimum atomic E-state index is -1.46. The highest BCUT2D eigenvalue weighted by Crippen LogP contribution is 2.53. The Bertz CT molecular complexity index is 1070. The molecule has 2 atom stereocenters. The molecule has 9 heteroatoms. The van der Waals surface area contributed by atoms with Crippen molar-refractivity contribution in [3.63, 3.8) is 0 Å². The minimum Gasteiger partial charge on any atom is -0.496 e. The molecule has 170 valence electrons. The van der Waals surface area contributed by atoms with Crippen molar-refractivity contribution >= 4 is 28.9 Å². The number of oxime groups is 1. The predicted molar refractivity (Wildman–Crippen MR) is 115 cm³/mol. The number of Topliss-reactive ketones (excluding diaryl/α,β-unsaturated/α-hetero) is 1. The van der Waals surface area contributed by atoms with E-state index in [4.69, 9.17) is 35.4 Å². The highest BCUT2D eigenvalue weighted by Gasteiger charge is 2.60. The molecule has 0 saturated carbocycles. The first-order valence-corrected chi connectivity index (χ1v) is 11.0. The third-order valence-corrected chi connectivity index (χ3v) is 7.24. The summed E-state index contributed by atoms with van der Waals surface area (Å²) in [6, 6.07) is 1.71. The van der Waals surface area contributed by atoms with Gasteiger partial charge in [-0.05, 0) is 6.07 Å². The molecule has 2 spiro atoms. The van der Waals surface area contributed by atoms with E-state index in [0.29, 0.717) is 36.7 Å². The molecule has 3 aliphatic heterocycles. The summed E-state index contributed by atoms with van der Waals surface area (Å²) in [5.74, 6) is -0.189. The SMILES string of the molecule is COC1=CC(=O)C[C@@H](C)[C@]12Oc1c(Cl)c(C3=NOC4(CCOCC4)C3)cc(OC)c1C2=O. The number of methoxy groups -OCH3 is 2. The first-order valence-electron chi connectivity index (χ1n) is 10.6. The molecule has 0 bridgehead atoms. The van der Waals surface area contributed by atoms with Gasteiger partial charge in [0.25, 0.3) is 0 Å². The second-order valence-corrected chi connectivity index (χ2v) is 9.07. The van der Waals surface area contributed by atoms with E-state index in [-0.39, 0.29) is 40.1 Å². The molecule has 0 unspecified atom stereocenters. The third kappa shape index (κ3) is 2.89. The molecule has 3 heterocycles. The fourth-order valence-corrected chi connectivity index (χ4v) is 5.36. The van der Waals surface area contributed by atoms with Crippen LogP contribution in [0.1, 0.15) is 48.5 Å². The van der Waals surface area contributed by atoms with Gasteiger partial charge in [0, 0.05) is 43.2 Å². The van der Waals surface area contributed by atoms with Crippen molar-refractivity contribution in [2.45, 2.75) is 43.8 Å². The summed E-state index contributed by atoms with van der Waals surface area (Å²) in [4.78, 5) is 31.6. The number of carbonyl (C=O) groups is 2. The fraction of sp³-hybridized carbons (Fsp3) is 0.522. The Balaban J connectivity index is 1.59. The summed E-state index contributed by atoms with van der Waals surface area (Å²) >= 11 is 6.80. The number of hydrogen-bond acceptors (Lipinski definition) is 8. The van der Waals surface area contributed by atoms with Gasteiger partial charge in [-0.25, -0.2) is 0 Å². The molecule has 1 saturated heterocycles. The molecule has 5 rings (SSSR count). The van der Waals surface area contributed by atoms with Gasteiger partial charge >= 0.3 is 0 Å². The molecule has 1 aromatic rings. The zero-order chi connectivity index (χ0) is 22.7. The van der Waals surface area contributed by atoms with Gasteiger partial charge in [-0.3, -0.25) is 9.59 Å². The number of halogens is 1. The lowest BCUT2D eigenvalue weighted by molar-refractivity contribution is -0.118. The molecule has 32 heavy (non-hydrogen) atoms. The van der Waals surface area contributed by atoms with E-state index in [1.807, 2.05) is 0 Å². The average Bonchev–Trinajstić information content (AvgIpc) is 3.32. The van der Waals surface area contributed by atoms with E-state index < -0.39 is 17.1 Å². The summed E-state index contributed by atoms with van der Waals surface area (Å²) in [6.07, 6.45) is 3.54. The molecule has 0 aromatic heterocycles. The summed E-state index contributed by atoms with van der Waals surface area (Å²) in [5, 5.41) is 4.58. The highest BCUT2D eigenvalue weighted by molar-refractivity contribution is 6.37. The molecule has 1 aliphatic carbocycles. The third-order valence-electron chi connectivity index (χ3n) is 6.87. The van der Waals surface area contributed by atoms with Crippen molar-refractivity contribution in [1.82, 2.24) is 0 Å². The molecule has 1 fully saturated rings. The summed E-state index contributed by atoms with van der Waals surface area (Å²) in [7, 11) is 2.90. The van der Waals surface area contributed by atoms with Crippen LogP contribution in [0.25, 0.3) is 0 Å². The second-order valence-electron chi connectivity index (χ2n) is 8.70. The Labute approximate surface area is 190 Å². The monoisotopic (exact) mass is 461 g/mol. The lowest BCUT2D eigenvalue weighted by Gasteiger charge is -2.36. The number of fused-ring (bicyclic) bond motifs is 1.